The van der Waals surface area contributed by atoms with Gasteiger partial charge in [0.15, 0.2) is 11.6 Å². The van der Waals surface area contributed by atoms with Crippen LogP contribution in [0.25, 0.3) is 17.1 Å². The maximum atomic E-state index is 13.2. The summed E-state index contributed by atoms with van der Waals surface area (Å²) < 4.78 is 16.6. The fraction of sp³-hybridized carbons (Fsp3) is 0.158. The lowest BCUT2D eigenvalue weighted by atomic mass is 10.1. The summed E-state index contributed by atoms with van der Waals surface area (Å²) in [4.78, 5) is 8.52. The van der Waals surface area contributed by atoms with Crippen LogP contribution in [0.3, 0.4) is 0 Å². The minimum Gasteiger partial charge on any atom is -0.322 e. The molecule has 9 heteroatoms. The van der Waals surface area contributed by atoms with Gasteiger partial charge in [0.05, 0.1) is 11.4 Å². The van der Waals surface area contributed by atoms with Gasteiger partial charge in [-0.3, -0.25) is 4.68 Å². The van der Waals surface area contributed by atoms with E-state index in [0.717, 1.165) is 17.0 Å². The Morgan fingerprint density at radius 2 is 1.79 bits per heavy atom. The van der Waals surface area contributed by atoms with Gasteiger partial charge in [0.2, 0.25) is 0 Å². The third kappa shape index (κ3) is 3.34. The maximum Gasteiger partial charge on any atom is 0.173 e. The molecule has 0 saturated carbocycles. The van der Waals surface area contributed by atoms with E-state index in [0.29, 0.717) is 28.2 Å². The Hall–Kier alpha value is -3.26. The Labute approximate surface area is 165 Å². The zero-order valence-corrected chi connectivity index (χ0v) is 16.2. The van der Waals surface area contributed by atoms with E-state index in [4.69, 9.17) is 11.6 Å². The van der Waals surface area contributed by atoms with Gasteiger partial charge in [-0.05, 0) is 44.2 Å². The fourth-order valence-corrected chi connectivity index (χ4v) is 3.33. The number of anilines is 2. The third-order valence-electron chi connectivity index (χ3n) is 4.23. The molecule has 0 fully saturated rings. The molecule has 1 N–H and O–H groups in total. The van der Waals surface area contributed by atoms with Crippen molar-refractivity contribution in [3.8, 4) is 17.1 Å². The molecule has 0 aliphatic carbocycles. The van der Waals surface area contributed by atoms with E-state index in [2.05, 4.69) is 25.5 Å². The monoisotopic (exact) mass is 397 g/mol. The Bertz CT molecular complexity index is 1150. The van der Waals surface area contributed by atoms with Crippen LogP contribution in [0.5, 0.6) is 0 Å². The van der Waals surface area contributed by atoms with E-state index >= 15 is 0 Å². The van der Waals surface area contributed by atoms with E-state index in [1.54, 1.807) is 34.6 Å². The zero-order chi connectivity index (χ0) is 19.8. The first-order chi connectivity index (χ1) is 13.4. The van der Waals surface area contributed by atoms with Crippen molar-refractivity contribution in [1.29, 1.82) is 0 Å². The number of hydrogen-bond acceptors (Lipinski definition) is 5. The van der Waals surface area contributed by atoms with Gasteiger partial charge in [-0.15, -0.1) is 0 Å². The molecule has 4 rings (SSSR count). The van der Waals surface area contributed by atoms with Gasteiger partial charge in [-0.2, -0.15) is 10.2 Å². The molecule has 0 bridgehead atoms. The van der Waals surface area contributed by atoms with Crippen molar-refractivity contribution in [2.45, 2.75) is 13.8 Å². The number of benzene rings is 1. The minimum atomic E-state index is -0.307. The second-order valence-corrected chi connectivity index (χ2v) is 6.75. The minimum absolute atomic E-state index is 0.307. The van der Waals surface area contributed by atoms with Gasteiger partial charge < -0.3 is 5.32 Å². The summed E-state index contributed by atoms with van der Waals surface area (Å²) in [5.74, 6) is 1.30. The number of hydrogen-bond donors (Lipinski definition) is 1. The van der Waals surface area contributed by atoms with Crippen LogP contribution in [0.15, 0.2) is 42.7 Å². The van der Waals surface area contributed by atoms with Crippen molar-refractivity contribution in [3.05, 3.63) is 65.0 Å². The van der Waals surface area contributed by atoms with E-state index < -0.39 is 0 Å². The standard InChI is InChI=1S/C19H17ClFN7/c1-11-8-12(2)28(25-11)16-9-15(22-10-23-16)24-19-17(20)18(27(3)26-19)13-4-6-14(21)7-5-13/h4-10H,1-3H3,(H,22,23,24,26). The first kappa shape index (κ1) is 18.1. The third-order valence-corrected chi connectivity index (χ3v) is 4.59. The molecule has 0 atom stereocenters. The van der Waals surface area contributed by atoms with Crippen molar-refractivity contribution < 1.29 is 4.39 Å². The summed E-state index contributed by atoms with van der Waals surface area (Å²) in [5.41, 5.74) is 3.32. The number of aromatic nitrogens is 6. The van der Waals surface area contributed by atoms with Gasteiger partial charge in [-0.25, -0.2) is 19.0 Å². The predicted molar refractivity (Wildman–Crippen MR) is 106 cm³/mol. The summed E-state index contributed by atoms with van der Waals surface area (Å²) in [5, 5.41) is 12.4. The molecule has 0 radical (unpaired) electrons. The molecule has 4 aromatic rings. The molecule has 0 spiro atoms. The van der Waals surface area contributed by atoms with Crippen LogP contribution in [0.4, 0.5) is 16.0 Å². The van der Waals surface area contributed by atoms with E-state index in [9.17, 15) is 4.39 Å². The number of rotatable bonds is 4. The van der Waals surface area contributed by atoms with Crippen LogP contribution < -0.4 is 5.32 Å². The smallest absolute Gasteiger partial charge is 0.173 e. The first-order valence-corrected chi connectivity index (χ1v) is 8.91. The van der Waals surface area contributed by atoms with Gasteiger partial charge in [0.1, 0.15) is 23.0 Å². The Morgan fingerprint density at radius 1 is 1.04 bits per heavy atom. The van der Waals surface area contributed by atoms with Crippen LogP contribution in [0, 0.1) is 19.7 Å². The lowest BCUT2D eigenvalue weighted by Crippen LogP contribution is -2.04. The molecule has 28 heavy (non-hydrogen) atoms. The van der Waals surface area contributed by atoms with Crippen molar-refractivity contribution in [1.82, 2.24) is 29.5 Å². The number of halogens is 2. The van der Waals surface area contributed by atoms with Crippen LogP contribution in [-0.4, -0.2) is 29.5 Å². The molecular formula is C19H17ClFN7. The molecule has 0 aliphatic heterocycles. The lowest BCUT2D eigenvalue weighted by molar-refractivity contribution is 0.628. The average molecular weight is 398 g/mol. The Morgan fingerprint density at radius 3 is 2.46 bits per heavy atom. The topological polar surface area (TPSA) is 73.5 Å². The highest BCUT2D eigenvalue weighted by atomic mass is 35.5. The second kappa shape index (κ2) is 7.05. The Balaban J connectivity index is 1.67. The predicted octanol–water partition coefficient (Wildman–Crippen LogP) is 4.22. The van der Waals surface area contributed by atoms with E-state index in [-0.39, 0.29) is 5.82 Å². The SMILES string of the molecule is Cc1cc(C)n(-c2cc(Nc3nn(C)c(-c4ccc(F)cc4)c3Cl)ncn2)n1. The molecular weight excluding hydrogens is 381 g/mol. The quantitative estimate of drug-likeness (QED) is 0.558. The molecule has 0 aliphatic rings. The number of nitrogens with zero attached hydrogens (tertiary/aromatic N) is 6. The average Bonchev–Trinajstić information content (AvgIpc) is 3.14. The van der Waals surface area contributed by atoms with E-state index in [1.165, 1.54) is 18.5 Å². The summed E-state index contributed by atoms with van der Waals surface area (Å²) >= 11 is 6.54. The molecule has 7 nitrogen and oxygen atoms in total. The van der Waals surface area contributed by atoms with Gasteiger partial charge in [0.25, 0.3) is 0 Å². The van der Waals surface area contributed by atoms with Crippen LogP contribution in [-0.2, 0) is 7.05 Å². The van der Waals surface area contributed by atoms with Crippen molar-refractivity contribution >= 4 is 23.2 Å². The number of aryl methyl sites for hydroxylation is 3. The molecule has 142 valence electrons. The molecule has 3 heterocycles. The van der Waals surface area contributed by atoms with Crippen LogP contribution in [0.2, 0.25) is 5.02 Å². The largest absolute Gasteiger partial charge is 0.322 e. The van der Waals surface area contributed by atoms with Crippen molar-refractivity contribution in [2.75, 3.05) is 5.32 Å². The fourth-order valence-electron chi connectivity index (χ4n) is 3.01. The van der Waals surface area contributed by atoms with Crippen LogP contribution in [0.1, 0.15) is 11.4 Å². The highest BCUT2D eigenvalue weighted by Crippen LogP contribution is 2.34. The van der Waals surface area contributed by atoms with E-state index in [1.807, 2.05) is 19.9 Å². The van der Waals surface area contributed by atoms with Gasteiger partial charge in [-0.1, -0.05) is 11.6 Å². The van der Waals surface area contributed by atoms with Crippen LogP contribution >= 0.6 is 11.6 Å². The molecule has 1 aromatic carbocycles. The highest BCUT2D eigenvalue weighted by Gasteiger charge is 2.17. The second-order valence-electron chi connectivity index (χ2n) is 6.37. The summed E-state index contributed by atoms with van der Waals surface area (Å²) in [6.45, 7) is 3.88. The highest BCUT2D eigenvalue weighted by molar-refractivity contribution is 6.35. The summed E-state index contributed by atoms with van der Waals surface area (Å²) in [6.07, 6.45) is 1.45. The molecule has 0 saturated heterocycles. The maximum absolute atomic E-state index is 13.2. The lowest BCUT2D eigenvalue weighted by Gasteiger charge is -2.06. The molecule has 0 unspecified atom stereocenters. The van der Waals surface area contributed by atoms with Gasteiger partial charge in [0, 0.05) is 24.4 Å². The summed E-state index contributed by atoms with van der Waals surface area (Å²) in [6, 6.07) is 9.83. The van der Waals surface area contributed by atoms with Crippen molar-refractivity contribution in [3.63, 3.8) is 0 Å². The van der Waals surface area contributed by atoms with Crippen molar-refractivity contribution in [2.24, 2.45) is 7.05 Å². The molecule has 0 amide bonds. The number of nitrogens with one attached hydrogen (secondary N) is 1. The first-order valence-electron chi connectivity index (χ1n) is 8.53. The normalized spacial score (nSPS) is 11.0. The Kier molecular flexibility index (Phi) is 4.56. The summed E-state index contributed by atoms with van der Waals surface area (Å²) in [7, 11) is 1.77. The van der Waals surface area contributed by atoms with Gasteiger partial charge >= 0.3 is 0 Å². The molecule has 3 aromatic heterocycles. The zero-order valence-electron chi connectivity index (χ0n) is 15.5.